The smallest absolute Gasteiger partial charge is 0.408 e. The molecule has 2 aromatic carbocycles. The third-order valence-corrected chi connectivity index (χ3v) is 6.10. The molecule has 1 aliphatic heterocycles. The average molecular weight is 454 g/mol. The molecule has 1 aliphatic rings. The Hall–Kier alpha value is -3.02. The van der Waals surface area contributed by atoms with Crippen molar-refractivity contribution in [1.82, 2.24) is 5.32 Å². The van der Waals surface area contributed by atoms with Crippen molar-refractivity contribution in [2.75, 3.05) is 7.11 Å². The summed E-state index contributed by atoms with van der Waals surface area (Å²) in [6.45, 7) is 9.54. The minimum Gasteiger partial charge on any atom is -0.496 e. The lowest BCUT2D eigenvalue weighted by Gasteiger charge is -2.26. The number of nitrogens with one attached hydrogen (secondary N) is 1. The number of cyclic esters (lactones) is 1. The van der Waals surface area contributed by atoms with Crippen LogP contribution >= 0.6 is 0 Å². The van der Waals surface area contributed by atoms with Crippen LogP contribution in [0.15, 0.2) is 42.5 Å². The van der Waals surface area contributed by atoms with Crippen LogP contribution in [0, 0.1) is 19.8 Å². The largest absolute Gasteiger partial charge is 0.496 e. The molecule has 33 heavy (non-hydrogen) atoms. The number of amides is 1. The molecule has 1 heterocycles. The fraction of sp³-hybridized carbons (Fsp3) is 0.481. The first kappa shape index (κ1) is 24.6. The van der Waals surface area contributed by atoms with Gasteiger partial charge in [0, 0.05) is 6.42 Å². The molecule has 3 rings (SSSR count). The number of rotatable bonds is 7. The van der Waals surface area contributed by atoms with Gasteiger partial charge in [0.05, 0.1) is 19.1 Å². The van der Waals surface area contributed by atoms with E-state index in [1.165, 1.54) is 0 Å². The summed E-state index contributed by atoms with van der Waals surface area (Å²) in [6.07, 6.45) is 0.748. The molecule has 3 atom stereocenters. The van der Waals surface area contributed by atoms with E-state index in [0.29, 0.717) is 19.3 Å². The van der Waals surface area contributed by atoms with Crippen LogP contribution in [0.1, 0.15) is 49.4 Å². The van der Waals surface area contributed by atoms with Crippen LogP contribution in [0.2, 0.25) is 0 Å². The summed E-state index contributed by atoms with van der Waals surface area (Å²) in [6, 6.07) is 13.4. The van der Waals surface area contributed by atoms with Gasteiger partial charge in [-0.1, -0.05) is 36.4 Å². The van der Waals surface area contributed by atoms with Crippen molar-refractivity contribution in [3.05, 3.63) is 64.7 Å². The highest BCUT2D eigenvalue weighted by Crippen LogP contribution is 2.31. The van der Waals surface area contributed by atoms with Crippen molar-refractivity contribution >= 4 is 12.1 Å². The molecule has 1 saturated heterocycles. The maximum Gasteiger partial charge on any atom is 0.408 e. The van der Waals surface area contributed by atoms with Gasteiger partial charge in [-0.25, -0.2) is 4.79 Å². The van der Waals surface area contributed by atoms with Crippen molar-refractivity contribution in [1.29, 1.82) is 0 Å². The summed E-state index contributed by atoms with van der Waals surface area (Å²) < 4.78 is 16.7. The Morgan fingerprint density at radius 1 is 1.12 bits per heavy atom. The first-order chi connectivity index (χ1) is 15.6. The van der Waals surface area contributed by atoms with Gasteiger partial charge in [-0.05, 0) is 75.8 Å². The first-order valence-corrected chi connectivity index (χ1v) is 11.4. The minimum atomic E-state index is -0.611. The van der Waals surface area contributed by atoms with E-state index < -0.39 is 17.8 Å². The van der Waals surface area contributed by atoms with Crippen molar-refractivity contribution < 1.29 is 23.8 Å². The quantitative estimate of drug-likeness (QED) is 0.602. The number of hydrogen-bond donors (Lipinski definition) is 1. The highest BCUT2D eigenvalue weighted by Gasteiger charge is 2.40. The summed E-state index contributed by atoms with van der Waals surface area (Å²) in [5.74, 6) is 0.352. The molecule has 6 heteroatoms. The summed E-state index contributed by atoms with van der Waals surface area (Å²) in [4.78, 5) is 25.3. The second-order valence-corrected chi connectivity index (χ2v) is 9.73. The van der Waals surface area contributed by atoms with E-state index in [-0.39, 0.29) is 17.9 Å². The van der Waals surface area contributed by atoms with Gasteiger partial charge in [-0.15, -0.1) is 0 Å². The fourth-order valence-electron chi connectivity index (χ4n) is 4.25. The van der Waals surface area contributed by atoms with Crippen molar-refractivity contribution in [3.8, 4) is 5.75 Å². The normalized spacial score (nSPS) is 19.0. The molecule has 0 saturated carbocycles. The molecule has 1 amide bonds. The molecule has 0 aliphatic carbocycles. The van der Waals surface area contributed by atoms with Crippen molar-refractivity contribution in [2.24, 2.45) is 5.92 Å². The van der Waals surface area contributed by atoms with E-state index in [1.54, 1.807) is 7.11 Å². The standard InChI is InChI=1S/C27H35NO5/c1-17-18(2)23(31-6)13-12-20(17)15-21-16-24(32-25(21)29)22(14-19-10-8-7-9-11-19)28-26(30)33-27(3,4)5/h7-13,21-22,24H,14-16H2,1-6H3,(H,28,30)/t21-,22+,24+/m1/s1. The molecule has 1 N–H and O–H groups in total. The zero-order valence-corrected chi connectivity index (χ0v) is 20.4. The summed E-state index contributed by atoms with van der Waals surface area (Å²) in [5, 5.41) is 2.95. The molecule has 0 spiro atoms. The van der Waals surface area contributed by atoms with Gasteiger partial charge in [0.25, 0.3) is 0 Å². The van der Waals surface area contributed by atoms with Gasteiger partial charge in [0.15, 0.2) is 0 Å². The lowest BCUT2D eigenvalue weighted by molar-refractivity contribution is -0.145. The molecule has 1 fully saturated rings. The van der Waals surface area contributed by atoms with Crippen molar-refractivity contribution in [2.45, 2.75) is 71.6 Å². The predicted octanol–water partition coefficient (Wildman–Crippen LogP) is 4.92. The van der Waals surface area contributed by atoms with Crippen LogP contribution in [0.25, 0.3) is 0 Å². The Morgan fingerprint density at radius 3 is 2.45 bits per heavy atom. The number of methoxy groups -OCH3 is 1. The zero-order chi connectivity index (χ0) is 24.2. The van der Waals surface area contributed by atoms with Crippen LogP contribution in [0.5, 0.6) is 5.75 Å². The maximum atomic E-state index is 12.8. The maximum absolute atomic E-state index is 12.8. The Bertz CT molecular complexity index is 980. The van der Waals surface area contributed by atoms with Gasteiger partial charge in [0.2, 0.25) is 0 Å². The Morgan fingerprint density at radius 2 is 1.82 bits per heavy atom. The van der Waals surface area contributed by atoms with Crippen LogP contribution in [-0.2, 0) is 27.1 Å². The van der Waals surface area contributed by atoms with Crippen LogP contribution < -0.4 is 10.1 Å². The number of hydrogen-bond acceptors (Lipinski definition) is 5. The van der Waals surface area contributed by atoms with Crippen LogP contribution in [0.3, 0.4) is 0 Å². The second-order valence-electron chi connectivity index (χ2n) is 9.73. The van der Waals surface area contributed by atoms with E-state index in [0.717, 1.165) is 28.0 Å². The molecule has 178 valence electrons. The molecule has 0 radical (unpaired) electrons. The van der Waals surface area contributed by atoms with Gasteiger partial charge >= 0.3 is 12.1 Å². The number of carbonyl (C=O) groups excluding carboxylic acids is 2. The summed E-state index contributed by atoms with van der Waals surface area (Å²) in [7, 11) is 1.66. The topological polar surface area (TPSA) is 73.9 Å². The second kappa shape index (κ2) is 10.3. The Kier molecular flexibility index (Phi) is 7.67. The fourth-order valence-corrected chi connectivity index (χ4v) is 4.25. The number of carbonyl (C=O) groups is 2. The number of benzene rings is 2. The van der Waals surface area contributed by atoms with E-state index in [4.69, 9.17) is 14.2 Å². The third-order valence-electron chi connectivity index (χ3n) is 6.10. The molecule has 0 bridgehead atoms. The molecule has 0 unspecified atom stereocenters. The Labute approximate surface area is 196 Å². The molecular weight excluding hydrogens is 418 g/mol. The van der Waals surface area contributed by atoms with Gasteiger partial charge in [-0.3, -0.25) is 4.79 Å². The minimum absolute atomic E-state index is 0.225. The summed E-state index contributed by atoms with van der Waals surface area (Å²) >= 11 is 0. The van der Waals surface area contributed by atoms with E-state index >= 15 is 0 Å². The highest BCUT2D eigenvalue weighted by molar-refractivity contribution is 5.75. The first-order valence-electron chi connectivity index (χ1n) is 11.4. The van der Waals surface area contributed by atoms with E-state index in [1.807, 2.05) is 77.1 Å². The van der Waals surface area contributed by atoms with Crippen LogP contribution in [-0.4, -0.2) is 36.9 Å². The van der Waals surface area contributed by atoms with Gasteiger partial charge in [0.1, 0.15) is 17.5 Å². The number of esters is 1. The van der Waals surface area contributed by atoms with Gasteiger partial charge in [-0.2, -0.15) is 0 Å². The third kappa shape index (κ3) is 6.50. The number of ether oxygens (including phenoxy) is 3. The van der Waals surface area contributed by atoms with Gasteiger partial charge < -0.3 is 19.5 Å². The summed E-state index contributed by atoms with van der Waals surface area (Å²) in [5.41, 5.74) is 3.75. The monoisotopic (exact) mass is 453 g/mol. The molecule has 0 aromatic heterocycles. The molecule has 6 nitrogen and oxygen atoms in total. The van der Waals surface area contributed by atoms with Crippen LogP contribution in [0.4, 0.5) is 4.79 Å². The highest BCUT2D eigenvalue weighted by atomic mass is 16.6. The lowest BCUT2D eigenvalue weighted by Crippen LogP contribution is -2.46. The molecule has 2 aromatic rings. The number of alkyl carbamates (subject to hydrolysis) is 1. The average Bonchev–Trinajstić information content (AvgIpc) is 3.11. The zero-order valence-electron chi connectivity index (χ0n) is 20.4. The molecular formula is C27H35NO5. The predicted molar refractivity (Wildman–Crippen MR) is 127 cm³/mol. The van der Waals surface area contributed by atoms with E-state index in [2.05, 4.69) is 5.32 Å². The Balaban J connectivity index is 1.75. The van der Waals surface area contributed by atoms with Crippen molar-refractivity contribution in [3.63, 3.8) is 0 Å². The lowest BCUT2D eigenvalue weighted by atomic mass is 9.89. The SMILES string of the molecule is COc1ccc(C[C@@H]2C[C@@H]([C@H](Cc3ccccc3)NC(=O)OC(C)(C)C)OC2=O)c(C)c1C. The van der Waals surface area contributed by atoms with E-state index in [9.17, 15) is 9.59 Å².